The second-order valence-corrected chi connectivity index (χ2v) is 6.26. The summed E-state index contributed by atoms with van der Waals surface area (Å²) in [6.07, 6.45) is 5.30. The SMILES string of the molecule is CC(c1ccc(-c2ccccc2)c(F)c1)c1cnc(-c2cccnc2)[nH]1. The first-order valence-corrected chi connectivity index (χ1v) is 8.52. The highest BCUT2D eigenvalue weighted by Crippen LogP contribution is 2.29. The molecular formula is C22H18FN3. The number of hydrogen-bond donors (Lipinski definition) is 1. The fraction of sp³-hybridized carbons (Fsp3) is 0.0909. The summed E-state index contributed by atoms with van der Waals surface area (Å²) >= 11 is 0. The molecule has 2 aromatic carbocycles. The fourth-order valence-corrected chi connectivity index (χ4v) is 3.04. The van der Waals surface area contributed by atoms with Gasteiger partial charge in [-0.2, -0.15) is 0 Å². The Labute approximate surface area is 151 Å². The number of aromatic nitrogens is 3. The van der Waals surface area contributed by atoms with Crippen molar-refractivity contribution in [2.45, 2.75) is 12.8 Å². The molecule has 0 fully saturated rings. The number of imidazole rings is 1. The molecule has 4 aromatic rings. The molecule has 0 saturated carbocycles. The van der Waals surface area contributed by atoms with E-state index in [0.717, 1.165) is 28.2 Å². The topological polar surface area (TPSA) is 41.6 Å². The van der Waals surface area contributed by atoms with Crippen LogP contribution in [0.5, 0.6) is 0 Å². The molecule has 2 heterocycles. The first-order chi connectivity index (χ1) is 12.7. The number of aromatic amines is 1. The van der Waals surface area contributed by atoms with Gasteiger partial charge in [0.15, 0.2) is 0 Å². The summed E-state index contributed by atoms with van der Waals surface area (Å²) in [5.41, 5.74) is 4.27. The lowest BCUT2D eigenvalue weighted by atomic mass is 9.95. The zero-order valence-corrected chi connectivity index (χ0v) is 14.4. The maximum atomic E-state index is 14.6. The van der Waals surface area contributed by atoms with Crippen molar-refractivity contribution in [2.24, 2.45) is 0 Å². The first kappa shape index (κ1) is 16.2. The molecule has 0 spiro atoms. The van der Waals surface area contributed by atoms with Crippen LogP contribution in [0, 0.1) is 5.82 Å². The van der Waals surface area contributed by atoms with E-state index in [1.165, 1.54) is 0 Å². The smallest absolute Gasteiger partial charge is 0.139 e. The lowest BCUT2D eigenvalue weighted by Gasteiger charge is -2.12. The van der Waals surface area contributed by atoms with Gasteiger partial charge >= 0.3 is 0 Å². The van der Waals surface area contributed by atoms with E-state index in [1.807, 2.05) is 61.5 Å². The maximum Gasteiger partial charge on any atom is 0.139 e. The van der Waals surface area contributed by atoms with Crippen LogP contribution in [0.15, 0.2) is 79.3 Å². The molecule has 0 aliphatic heterocycles. The number of nitrogens with zero attached hydrogens (tertiary/aromatic N) is 2. The summed E-state index contributed by atoms with van der Waals surface area (Å²) in [7, 11) is 0. The lowest BCUT2D eigenvalue weighted by molar-refractivity contribution is 0.627. The van der Waals surface area contributed by atoms with Crippen molar-refractivity contribution in [2.75, 3.05) is 0 Å². The van der Waals surface area contributed by atoms with Gasteiger partial charge in [-0.05, 0) is 29.3 Å². The summed E-state index contributed by atoms with van der Waals surface area (Å²) in [6.45, 7) is 2.04. The van der Waals surface area contributed by atoms with Gasteiger partial charge in [-0.15, -0.1) is 0 Å². The molecule has 0 saturated heterocycles. The molecule has 0 aliphatic rings. The highest BCUT2D eigenvalue weighted by atomic mass is 19.1. The van der Waals surface area contributed by atoms with Crippen LogP contribution in [0.1, 0.15) is 24.1 Å². The predicted molar refractivity (Wildman–Crippen MR) is 101 cm³/mol. The monoisotopic (exact) mass is 343 g/mol. The molecule has 1 atom stereocenters. The maximum absolute atomic E-state index is 14.6. The molecule has 1 N–H and O–H groups in total. The number of hydrogen-bond acceptors (Lipinski definition) is 2. The second kappa shape index (κ2) is 6.92. The number of halogens is 1. The van der Waals surface area contributed by atoms with Crippen molar-refractivity contribution in [3.63, 3.8) is 0 Å². The molecular weight excluding hydrogens is 325 g/mol. The van der Waals surface area contributed by atoms with Gasteiger partial charge in [-0.3, -0.25) is 4.98 Å². The Morgan fingerprint density at radius 2 is 1.73 bits per heavy atom. The summed E-state index contributed by atoms with van der Waals surface area (Å²) in [5.74, 6) is 0.557. The Morgan fingerprint density at radius 3 is 2.46 bits per heavy atom. The fourth-order valence-electron chi connectivity index (χ4n) is 3.04. The predicted octanol–water partition coefficient (Wildman–Crippen LogP) is 5.43. The summed E-state index contributed by atoms with van der Waals surface area (Å²) < 4.78 is 14.6. The van der Waals surface area contributed by atoms with Crippen LogP contribution in [0.3, 0.4) is 0 Å². The summed E-state index contributed by atoms with van der Waals surface area (Å²) in [5, 5.41) is 0. The zero-order valence-electron chi connectivity index (χ0n) is 14.4. The average Bonchev–Trinajstić information content (AvgIpc) is 3.19. The van der Waals surface area contributed by atoms with Gasteiger partial charge in [-0.25, -0.2) is 9.37 Å². The van der Waals surface area contributed by atoms with E-state index in [9.17, 15) is 4.39 Å². The van der Waals surface area contributed by atoms with Crippen LogP contribution >= 0.6 is 0 Å². The van der Waals surface area contributed by atoms with Crippen molar-refractivity contribution in [1.82, 2.24) is 15.0 Å². The zero-order chi connectivity index (χ0) is 17.9. The van der Waals surface area contributed by atoms with Gasteiger partial charge in [-0.1, -0.05) is 49.4 Å². The van der Waals surface area contributed by atoms with Crippen LogP contribution < -0.4 is 0 Å². The van der Waals surface area contributed by atoms with Gasteiger partial charge in [0.2, 0.25) is 0 Å². The Morgan fingerprint density at radius 1 is 0.923 bits per heavy atom. The van der Waals surface area contributed by atoms with Crippen molar-refractivity contribution in [3.05, 3.63) is 96.3 Å². The Hall–Kier alpha value is -3.27. The molecule has 0 amide bonds. The van der Waals surface area contributed by atoms with Crippen molar-refractivity contribution in [1.29, 1.82) is 0 Å². The minimum Gasteiger partial charge on any atom is -0.341 e. The molecule has 128 valence electrons. The molecule has 2 aromatic heterocycles. The highest BCUT2D eigenvalue weighted by Gasteiger charge is 2.15. The Bertz CT molecular complexity index is 1010. The van der Waals surface area contributed by atoms with Gasteiger partial charge < -0.3 is 4.98 Å². The van der Waals surface area contributed by atoms with Gasteiger partial charge in [0.05, 0.1) is 0 Å². The quantitative estimate of drug-likeness (QED) is 0.537. The van der Waals surface area contributed by atoms with E-state index >= 15 is 0 Å². The number of nitrogens with one attached hydrogen (secondary N) is 1. The van der Waals surface area contributed by atoms with Crippen LogP contribution in [-0.4, -0.2) is 15.0 Å². The van der Waals surface area contributed by atoms with Gasteiger partial charge in [0, 0.05) is 41.3 Å². The molecule has 3 nitrogen and oxygen atoms in total. The first-order valence-electron chi connectivity index (χ1n) is 8.52. The molecule has 1 unspecified atom stereocenters. The van der Waals surface area contributed by atoms with Crippen molar-refractivity contribution < 1.29 is 4.39 Å². The average molecular weight is 343 g/mol. The highest BCUT2D eigenvalue weighted by molar-refractivity contribution is 5.64. The lowest BCUT2D eigenvalue weighted by Crippen LogP contribution is -1.98. The third-order valence-electron chi connectivity index (χ3n) is 4.57. The normalized spacial score (nSPS) is 12.1. The second-order valence-electron chi connectivity index (χ2n) is 6.26. The number of H-pyrrole nitrogens is 1. The summed E-state index contributed by atoms with van der Waals surface area (Å²) in [4.78, 5) is 11.9. The minimum absolute atomic E-state index is 0.00671. The van der Waals surface area contributed by atoms with E-state index in [-0.39, 0.29) is 11.7 Å². The number of pyridine rings is 1. The standard InChI is InChI=1S/C22H18FN3/c1-15(21-14-25-22(26-21)18-8-5-11-24-13-18)17-9-10-19(20(23)12-17)16-6-3-2-4-7-16/h2-15H,1H3,(H,25,26). The largest absolute Gasteiger partial charge is 0.341 e. The van der Waals surface area contributed by atoms with E-state index in [2.05, 4.69) is 15.0 Å². The van der Waals surface area contributed by atoms with Gasteiger partial charge in [0.1, 0.15) is 11.6 Å². The van der Waals surface area contributed by atoms with Crippen LogP contribution in [0.4, 0.5) is 4.39 Å². The van der Waals surface area contributed by atoms with Crippen LogP contribution in [0.2, 0.25) is 0 Å². The molecule has 4 heteroatoms. The molecule has 26 heavy (non-hydrogen) atoms. The van der Waals surface area contributed by atoms with E-state index in [1.54, 1.807) is 24.7 Å². The van der Waals surface area contributed by atoms with Crippen LogP contribution in [-0.2, 0) is 0 Å². The third kappa shape index (κ3) is 3.14. The molecule has 0 bridgehead atoms. The molecule has 4 rings (SSSR count). The van der Waals surface area contributed by atoms with Crippen molar-refractivity contribution >= 4 is 0 Å². The van der Waals surface area contributed by atoms with Gasteiger partial charge in [0.25, 0.3) is 0 Å². The Balaban J connectivity index is 1.62. The Kier molecular flexibility index (Phi) is 4.32. The number of rotatable bonds is 4. The molecule has 0 radical (unpaired) electrons. The van der Waals surface area contributed by atoms with E-state index in [4.69, 9.17) is 0 Å². The van der Waals surface area contributed by atoms with Crippen LogP contribution in [0.25, 0.3) is 22.5 Å². The number of benzene rings is 2. The van der Waals surface area contributed by atoms with E-state index in [0.29, 0.717) is 5.56 Å². The van der Waals surface area contributed by atoms with Crippen molar-refractivity contribution in [3.8, 4) is 22.5 Å². The van der Waals surface area contributed by atoms with E-state index < -0.39 is 0 Å². The molecule has 0 aliphatic carbocycles. The summed E-state index contributed by atoms with van der Waals surface area (Å²) in [6, 6.07) is 18.8. The minimum atomic E-state index is -0.215. The third-order valence-corrected chi connectivity index (χ3v) is 4.57.